The highest BCUT2D eigenvalue weighted by Gasteiger charge is 2.26. The number of halogens is 1. The molecule has 0 bridgehead atoms. The molecule has 0 amide bonds. The van der Waals surface area contributed by atoms with Gasteiger partial charge in [0.1, 0.15) is 16.9 Å². The third kappa shape index (κ3) is 2.72. The molecule has 2 nitrogen and oxygen atoms in total. The number of thiazole rings is 1. The molecule has 0 N–H and O–H groups in total. The van der Waals surface area contributed by atoms with E-state index in [-0.39, 0.29) is 5.82 Å². The van der Waals surface area contributed by atoms with E-state index in [0.717, 1.165) is 16.3 Å². The van der Waals surface area contributed by atoms with E-state index < -0.39 is 0 Å². The summed E-state index contributed by atoms with van der Waals surface area (Å²) in [7, 11) is 0. The lowest BCUT2D eigenvalue weighted by Gasteiger charge is -1.95. The Morgan fingerprint density at radius 2 is 2.11 bits per heavy atom. The van der Waals surface area contributed by atoms with Gasteiger partial charge >= 0.3 is 0 Å². The topological polar surface area (TPSA) is 36.7 Å². The van der Waals surface area contributed by atoms with Gasteiger partial charge in [-0.3, -0.25) is 0 Å². The van der Waals surface area contributed by atoms with Crippen LogP contribution in [0.2, 0.25) is 0 Å². The lowest BCUT2D eigenvalue weighted by atomic mass is 10.1. The molecule has 1 aromatic carbocycles. The van der Waals surface area contributed by atoms with Crippen molar-refractivity contribution in [2.45, 2.75) is 18.8 Å². The summed E-state index contributed by atoms with van der Waals surface area (Å²) in [5.41, 5.74) is 2.44. The van der Waals surface area contributed by atoms with Crippen LogP contribution in [0.5, 0.6) is 0 Å². The van der Waals surface area contributed by atoms with Crippen molar-refractivity contribution in [1.29, 1.82) is 5.26 Å². The van der Waals surface area contributed by atoms with E-state index in [1.807, 2.05) is 5.38 Å². The van der Waals surface area contributed by atoms with E-state index in [1.165, 1.54) is 36.3 Å². The second-order valence-corrected chi connectivity index (χ2v) is 5.43. The second-order valence-electron chi connectivity index (χ2n) is 4.57. The number of allylic oxidation sites excluding steroid dienone is 1. The maximum atomic E-state index is 12.8. The largest absolute Gasteiger partial charge is 0.240 e. The first-order chi connectivity index (χ1) is 9.26. The van der Waals surface area contributed by atoms with Crippen molar-refractivity contribution >= 4 is 23.0 Å². The molecule has 1 aliphatic rings. The van der Waals surface area contributed by atoms with Crippen LogP contribution in [-0.4, -0.2) is 4.98 Å². The minimum atomic E-state index is -0.277. The van der Waals surface area contributed by atoms with Crippen LogP contribution >= 0.6 is 11.3 Å². The van der Waals surface area contributed by atoms with Crippen LogP contribution < -0.4 is 0 Å². The molecule has 0 spiro atoms. The van der Waals surface area contributed by atoms with Gasteiger partial charge in [0.15, 0.2) is 0 Å². The zero-order chi connectivity index (χ0) is 13.2. The Hall–Kier alpha value is -1.99. The summed E-state index contributed by atoms with van der Waals surface area (Å²) in [5.74, 6) is 0.316. The van der Waals surface area contributed by atoms with Gasteiger partial charge in [-0.05, 0) is 36.6 Å². The summed E-state index contributed by atoms with van der Waals surface area (Å²) in [6.45, 7) is 0. The summed E-state index contributed by atoms with van der Waals surface area (Å²) >= 11 is 1.50. The van der Waals surface area contributed by atoms with E-state index in [9.17, 15) is 9.65 Å². The number of nitriles is 1. The zero-order valence-corrected chi connectivity index (χ0v) is 11.0. The average molecular weight is 270 g/mol. The zero-order valence-electron chi connectivity index (χ0n) is 10.1. The monoisotopic (exact) mass is 270 g/mol. The number of benzene rings is 1. The highest BCUT2D eigenvalue weighted by molar-refractivity contribution is 7.11. The lowest BCUT2D eigenvalue weighted by Crippen LogP contribution is -1.84. The highest BCUT2D eigenvalue weighted by atomic mass is 32.1. The van der Waals surface area contributed by atoms with Gasteiger partial charge < -0.3 is 0 Å². The molecule has 2 aromatic rings. The molecule has 1 saturated carbocycles. The van der Waals surface area contributed by atoms with Crippen molar-refractivity contribution in [2.75, 3.05) is 0 Å². The minimum Gasteiger partial charge on any atom is -0.240 e. The Labute approximate surface area is 114 Å². The van der Waals surface area contributed by atoms with Crippen LogP contribution in [0.15, 0.2) is 29.6 Å². The summed E-state index contributed by atoms with van der Waals surface area (Å²) in [6, 6.07) is 8.25. The summed E-state index contributed by atoms with van der Waals surface area (Å²) in [4.78, 5) is 4.51. The number of nitrogens with zero attached hydrogens (tertiary/aromatic N) is 2. The Morgan fingerprint density at radius 1 is 1.37 bits per heavy atom. The summed E-state index contributed by atoms with van der Waals surface area (Å²) in [6.07, 6.45) is 4.15. The molecule has 0 saturated heterocycles. The van der Waals surface area contributed by atoms with Crippen LogP contribution in [0.25, 0.3) is 11.6 Å². The first-order valence-electron chi connectivity index (χ1n) is 6.09. The summed E-state index contributed by atoms with van der Waals surface area (Å²) in [5, 5.41) is 12.0. The molecule has 1 fully saturated rings. The van der Waals surface area contributed by atoms with Crippen LogP contribution in [-0.2, 0) is 0 Å². The predicted octanol–water partition coefficient (Wildman–Crippen LogP) is 4.22. The Kier molecular flexibility index (Phi) is 3.14. The first-order valence-corrected chi connectivity index (χ1v) is 6.97. The van der Waals surface area contributed by atoms with Gasteiger partial charge in [-0.2, -0.15) is 5.26 Å². The summed E-state index contributed by atoms with van der Waals surface area (Å²) < 4.78 is 12.8. The van der Waals surface area contributed by atoms with Crippen molar-refractivity contribution in [1.82, 2.24) is 4.98 Å². The molecule has 0 atom stereocenters. The first kappa shape index (κ1) is 12.1. The van der Waals surface area contributed by atoms with Gasteiger partial charge in [0, 0.05) is 11.3 Å². The van der Waals surface area contributed by atoms with Crippen molar-refractivity contribution in [3.05, 3.63) is 51.7 Å². The number of hydrogen-bond acceptors (Lipinski definition) is 3. The fourth-order valence-electron chi connectivity index (χ4n) is 1.84. The van der Waals surface area contributed by atoms with Gasteiger partial charge in [-0.1, -0.05) is 12.1 Å². The molecule has 3 rings (SSSR count). The number of aromatic nitrogens is 1. The van der Waals surface area contributed by atoms with Crippen molar-refractivity contribution in [3.8, 4) is 6.07 Å². The second kappa shape index (κ2) is 4.94. The van der Waals surface area contributed by atoms with Crippen molar-refractivity contribution < 1.29 is 4.39 Å². The lowest BCUT2D eigenvalue weighted by molar-refractivity contribution is 0.628. The van der Waals surface area contributed by atoms with E-state index in [4.69, 9.17) is 0 Å². The fourth-order valence-corrected chi connectivity index (χ4v) is 2.71. The predicted molar refractivity (Wildman–Crippen MR) is 74.0 cm³/mol. The minimum absolute atomic E-state index is 0.277. The molecule has 1 aromatic heterocycles. The molecular weight excluding hydrogens is 259 g/mol. The van der Waals surface area contributed by atoms with Gasteiger partial charge in [0.05, 0.1) is 11.3 Å². The molecule has 0 aliphatic heterocycles. The standard InChI is InChI=1S/C15H11FN2S/c16-13-5-1-10(2-6-13)7-12(8-17)15-18-14(9-19-15)11-3-4-11/h1-2,5-7,9,11H,3-4H2/b12-7+. The van der Waals surface area contributed by atoms with Crippen molar-refractivity contribution in [3.63, 3.8) is 0 Å². The van der Waals surface area contributed by atoms with E-state index in [1.54, 1.807) is 18.2 Å². The van der Waals surface area contributed by atoms with Gasteiger partial charge in [-0.15, -0.1) is 11.3 Å². The van der Waals surface area contributed by atoms with Gasteiger partial charge in [0.2, 0.25) is 0 Å². The SMILES string of the molecule is N#C/C(=C\c1ccc(F)cc1)c1nc(C2CC2)cs1. The van der Waals surface area contributed by atoms with E-state index in [2.05, 4.69) is 11.1 Å². The molecule has 1 aliphatic carbocycles. The van der Waals surface area contributed by atoms with Crippen LogP contribution in [0.1, 0.15) is 35.0 Å². The quantitative estimate of drug-likeness (QED) is 0.783. The fraction of sp³-hybridized carbons (Fsp3) is 0.200. The number of rotatable bonds is 3. The van der Waals surface area contributed by atoms with E-state index >= 15 is 0 Å². The third-order valence-corrected chi connectivity index (χ3v) is 3.94. The van der Waals surface area contributed by atoms with Crippen LogP contribution in [0.4, 0.5) is 4.39 Å². The molecule has 19 heavy (non-hydrogen) atoms. The van der Waals surface area contributed by atoms with Crippen molar-refractivity contribution in [2.24, 2.45) is 0 Å². The van der Waals surface area contributed by atoms with Gasteiger partial charge in [-0.25, -0.2) is 9.37 Å². The third-order valence-electron chi connectivity index (χ3n) is 3.05. The normalized spacial score (nSPS) is 15.3. The molecule has 4 heteroatoms. The van der Waals surface area contributed by atoms with Crippen LogP contribution in [0, 0.1) is 17.1 Å². The van der Waals surface area contributed by atoms with Gasteiger partial charge in [0.25, 0.3) is 0 Å². The molecule has 0 unspecified atom stereocenters. The molecular formula is C15H11FN2S. The number of hydrogen-bond donors (Lipinski definition) is 0. The molecule has 94 valence electrons. The Bertz CT molecular complexity index is 660. The van der Waals surface area contributed by atoms with E-state index in [0.29, 0.717) is 11.5 Å². The average Bonchev–Trinajstić information content (AvgIpc) is 3.17. The highest BCUT2D eigenvalue weighted by Crippen LogP contribution is 2.40. The Balaban J connectivity index is 1.90. The van der Waals surface area contributed by atoms with Crippen LogP contribution in [0.3, 0.4) is 0 Å². The molecule has 1 heterocycles. The Morgan fingerprint density at radius 3 is 2.74 bits per heavy atom. The molecule has 0 radical (unpaired) electrons. The smallest absolute Gasteiger partial charge is 0.134 e. The maximum Gasteiger partial charge on any atom is 0.134 e. The maximum absolute atomic E-state index is 12.8.